The molecule has 0 atom stereocenters. The second-order valence-corrected chi connectivity index (χ2v) is 1.60. The Labute approximate surface area is 74.1 Å². The van der Waals surface area contributed by atoms with Crippen LogP contribution in [0.5, 0.6) is 11.5 Å². The Balaban J connectivity index is 0.000000810. The van der Waals surface area contributed by atoms with Crippen molar-refractivity contribution in [1.29, 1.82) is 0 Å². The molecule has 0 aliphatic heterocycles. The van der Waals surface area contributed by atoms with E-state index < -0.39 is 0 Å². The average molecular weight is 307 g/mol. The van der Waals surface area contributed by atoms with Crippen LogP contribution in [0.2, 0.25) is 0 Å². The van der Waals surface area contributed by atoms with Gasteiger partial charge in [-0.05, 0) is 0 Å². The number of aromatic hydroxyl groups is 1. The predicted molar refractivity (Wildman–Crippen MR) is 33.5 cm³/mol. The van der Waals surface area contributed by atoms with E-state index in [0.29, 0.717) is 5.75 Å². The van der Waals surface area contributed by atoms with E-state index in [-0.39, 0.29) is 26.8 Å². The van der Waals surface area contributed by atoms with Crippen LogP contribution >= 0.6 is 0 Å². The van der Waals surface area contributed by atoms with Crippen LogP contribution in [-0.2, 0) is 21.1 Å². The summed E-state index contributed by atoms with van der Waals surface area (Å²) in [6.45, 7) is 0. The molecule has 0 amide bonds. The summed E-state index contributed by atoms with van der Waals surface area (Å²) in [6.07, 6.45) is 0. The van der Waals surface area contributed by atoms with Crippen LogP contribution in [0.1, 0.15) is 0 Å². The summed E-state index contributed by atoms with van der Waals surface area (Å²) in [7, 11) is 1.51. The van der Waals surface area contributed by atoms with Crippen molar-refractivity contribution in [3.8, 4) is 11.5 Å². The van der Waals surface area contributed by atoms with Crippen molar-refractivity contribution < 1.29 is 30.9 Å². The van der Waals surface area contributed by atoms with Crippen LogP contribution in [0.15, 0.2) is 18.2 Å². The van der Waals surface area contributed by atoms with E-state index in [1.54, 1.807) is 12.1 Å². The van der Waals surface area contributed by atoms with Gasteiger partial charge in [-0.25, -0.2) is 0 Å². The molecule has 0 bridgehead atoms. The quantitative estimate of drug-likeness (QED) is 0.790. The number of hydrogen-bond donors (Lipinski definition) is 1. The van der Waals surface area contributed by atoms with E-state index in [2.05, 4.69) is 6.07 Å². The second-order valence-electron chi connectivity index (χ2n) is 1.60. The molecule has 0 spiro atoms. The first kappa shape index (κ1) is 9.51. The summed E-state index contributed by atoms with van der Waals surface area (Å²) in [5.74, 6) is 0.605. The molecule has 0 saturated heterocycles. The van der Waals surface area contributed by atoms with Gasteiger partial charge in [0.25, 0.3) is 0 Å². The fraction of sp³-hybridized carbons (Fsp3) is 0.143. The Morgan fingerprint density at radius 1 is 1.60 bits per heavy atom. The first-order chi connectivity index (χ1) is 4.34. The molecule has 10 heavy (non-hydrogen) atoms. The van der Waals surface area contributed by atoms with Gasteiger partial charge >= 0.3 is 0 Å². The molecule has 1 aromatic rings. The molecule has 0 unspecified atom stereocenters. The second kappa shape index (κ2) is 4.34. The van der Waals surface area contributed by atoms with Crippen molar-refractivity contribution in [1.82, 2.24) is 0 Å². The van der Waals surface area contributed by atoms with Gasteiger partial charge in [0.15, 0.2) is 0 Å². The van der Waals surface area contributed by atoms with Crippen LogP contribution in [0, 0.1) is 6.07 Å². The first-order valence-corrected chi connectivity index (χ1v) is 2.57. The van der Waals surface area contributed by atoms with E-state index in [9.17, 15) is 0 Å². The van der Waals surface area contributed by atoms with E-state index in [0.717, 1.165) is 0 Å². The largest absolute Gasteiger partial charge is 0.562 e. The minimum absolute atomic E-state index is 0. The number of ether oxygens (including phenoxy) is 1. The van der Waals surface area contributed by atoms with Crippen LogP contribution in [0.3, 0.4) is 0 Å². The molecule has 0 saturated carbocycles. The number of methoxy groups -OCH3 is 1. The molecular weight excluding hydrogens is 300 g/mol. The Kier molecular flexibility index (Phi) is 4.13. The maximum Gasteiger partial charge on any atom is 0.0745 e. The molecular formula is C7H7O2W-. The summed E-state index contributed by atoms with van der Waals surface area (Å²) in [5.41, 5.74) is 0. The number of hydrogen-bond acceptors (Lipinski definition) is 2. The van der Waals surface area contributed by atoms with Crippen molar-refractivity contribution in [3.63, 3.8) is 0 Å². The van der Waals surface area contributed by atoms with Crippen molar-refractivity contribution in [2.45, 2.75) is 0 Å². The molecule has 54 valence electrons. The van der Waals surface area contributed by atoms with E-state index >= 15 is 0 Å². The fourth-order valence-corrected chi connectivity index (χ4v) is 0.580. The minimum atomic E-state index is 0. The Morgan fingerprint density at radius 3 is 2.70 bits per heavy atom. The van der Waals surface area contributed by atoms with E-state index in [4.69, 9.17) is 9.84 Å². The van der Waals surface area contributed by atoms with E-state index in [1.807, 2.05) is 0 Å². The molecule has 0 heterocycles. The van der Waals surface area contributed by atoms with Gasteiger partial charge in [-0.2, -0.15) is 12.1 Å². The Bertz CT molecular complexity index is 201. The third-order valence-electron chi connectivity index (χ3n) is 1.02. The maximum atomic E-state index is 8.95. The average Bonchev–Trinajstić information content (AvgIpc) is 1.89. The summed E-state index contributed by atoms with van der Waals surface area (Å²) in [4.78, 5) is 0. The summed E-state index contributed by atoms with van der Waals surface area (Å²) in [5, 5.41) is 8.95. The number of rotatable bonds is 1. The van der Waals surface area contributed by atoms with Gasteiger partial charge in [0.05, 0.1) is 12.9 Å². The van der Waals surface area contributed by atoms with Crippen LogP contribution < -0.4 is 4.74 Å². The number of phenols is 1. The fourth-order valence-electron chi connectivity index (χ4n) is 0.580. The number of phenolic OH excluding ortho intramolecular Hbond substituents is 1. The smallest absolute Gasteiger partial charge is 0.0745 e. The molecule has 0 aromatic heterocycles. The van der Waals surface area contributed by atoms with Crippen LogP contribution in [0.25, 0.3) is 0 Å². The van der Waals surface area contributed by atoms with Gasteiger partial charge in [-0.15, -0.1) is 12.1 Å². The molecule has 1 N–H and O–H groups in total. The molecule has 1 aromatic carbocycles. The molecule has 2 nitrogen and oxygen atoms in total. The topological polar surface area (TPSA) is 29.5 Å². The van der Waals surface area contributed by atoms with Crippen molar-refractivity contribution in [3.05, 3.63) is 24.3 Å². The first-order valence-electron chi connectivity index (χ1n) is 2.57. The van der Waals surface area contributed by atoms with Gasteiger partial charge in [-0.3, -0.25) is 0 Å². The zero-order valence-electron chi connectivity index (χ0n) is 5.50. The molecule has 0 aliphatic rings. The Morgan fingerprint density at radius 2 is 2.30 bits per heavy atom. The molecule has 1 rings (SSSR count). The summed E-state index contributed by atoms with van der Waals surface area (Å²) >= 11 is 0. The summed E-state index contributed by atoms with van der Waals surface area (Å²) < 4.78 is 4.77. The van der Waals surface area contributed by atoms with Gasteiger partial charge in [0.2, 0.25) is 0 Å². The zero-order valence-corrected chi connectivity index (χ0v) is 8.43. The van der Waals surface area contributed by atoms with Crippen LogP contribution in [-0.4, -0.2) is 12.2 Å². The number of benzene rings is 1. The molecule has 0 radical (unpaired) electrons. The zero-order chi connectivity index (χ0) is 6.69. The minimum Gasteiger partial charge on any atom is -0.562 e. The van der Waals surface area contributed by atoms with Crippen LogP contribution in [0.4, 0.5) is 0 Å². The van der Waals surface area contributed by atoms with Gasteiger partial charge < -0.3 is 9.84 Å². The van der Waals surface area contributed by atoms with E-state index in [1.165, 1.54) is 13.2 Å². The molecule has 0 aliphatic carbocycles. The van der Waals surface area contributed by atoms with Gasteiger partial charge in [0.1, 0.15) is 0 Å². The standard InChI is InChI=1S/C7H7O2.W/c1-9-7-5-3-2-4-6(7)8;/h3-5,8H,1H3;/q-1;. The summed E-state index contributed by atoms with van der Waals surface area (Å²) in [6, 6.07) is 7.49. The predicted octanol–water partition coefficient (Wildman–Crippen LogP) is 1.20. The Hall–Kier alpha value is -0.492. The normalized spacial score (nSPS) is 8.10. The van der Waals surface area contributed by atoms with Gasteiger partial charge in [-0.1, -0.05) is 0 Å². The third-order valence-corrected chi connectivity index (χ3v) is 1.02. The maximum absolute atomic E-state index is 8.95. The van der Waals surface area contributed by atoms with Crippen molar-refractivity contribution in [2.24, 2.45) is 0 Å². The SMILES string of the molecule is COc1cc[c-]cc1O.[W]. The van der Waals surface area contributed by atoms with Crippen molar-refractivity contribution in [2.75, 3.05) is 7.11 Å². The third kappa shape index (κ3) is 2.03. The molecule has 3 heteroatoms. The molecule has 0 fully saturated rings. The monoisotopic (exact) mass is 307 g/mol. The van der Waals surface area contributed by atoms with Gasteiger partial charge in [0, 0.05) is 26.8 Å². The van der Waals surface area contributed by atoms with Crippen molar-refractivity contribution >= 4 is 0 Å².